The van der Waals surface area contributed by atoms with Gasteiger partial charge in [-0.25, -0.2) is 4.98 Å². The van der Waals surface area contributed by atoms with Crippen LogP contribution in [0.2, 0.25) is 0 Å². The van der Waals surface area contributed by atoms with Crippen LogP contribution in [0.15, 0.2) is 23.8 Å². The number of methoxy groups -OCH3 is 1. The number of carbonyl (C=O) groups excluding carboxylic acids is 1. The van der Waals surface area contributed by atoms with Gasteiger partial charge in [-0.15, -0.1) is 11.3 Å². The second-order valence-corrected chi connectivity index (χ2v) is 6.40. The van der Waals surface area contributed by atoms with Gasteiger partial charge in [-0.3, -0.25) is 4.79 Å². The Bertz CT molecular complexity index is 621. The van der Waals surface area contributed by atoms with Crippen LogP contribution in [-0.4, -0.2) is 40.6 Å². The first kappa shape index (κ1) is 14.3. The van der Waals surface area contributed by atoms with Gasteiger partial charge in [-0.05, 0) is 11.4 Å². The number of fused-ring (bicyclic) bond motifs is 1. The van der Waals surface area contributed by atoms with Crippen molar-refractivity contribution in [2.45, 2.75) is 18.9 Å². The first-order chi connectivity index (χ1) is 10.2. The number of aryl methyl sites for hydroxylation is 1. The molecule has 112 valence electrons. The number of hydrogen-bond donors (Lipinski definition) is 0. The second-order valence-electron chi connectivity index (χ2n) is 5.37. The fraction of sp³-hybridized carbons (Fsp3) is 0.467. The summed E-state index contributed by atoms with van der Waals surface area (Å²) in [5, 5.41) is 2.00. The van der Waals surface area contributed by atoms with Crippen LogP contribution in [0.5, 0.6) is 0 Å². The number of thiophene rings is 1. The van der Waals surface area contributed by atoms with E-state index in [1.165, 1.54) is 5.69 Å². The summed E-state index contributed by atoms with van der Waals surface area (Å²) >= 11 is 1.62. The Kier molecular flexibility index (Phi) is 4.07. The lowest BCUT2D eigenvalue weighted by Crippen LogP contribution is -2.40. The molecular formula is C15H19N3O2S. The molecule has 0 N–H and O–H groups in total. The number of carbonyl (C=O) groups is 1. The highest BCUT2D eigenvalue weighted by Gasteiger charge is 2.31. The number of hydrogen-bond acceptors (Lipinski definition) is 4. The van der Waals surface area contributed by atoms with E-state index >= 15 is 0 Å². The molecule has 0 aromatic carbocycles. The maximum atomic E-state index is 12.5. The maximum Gasteiger partial charge on any atom is 0.228 e. The molecule has 1 unspecified atom stereocenters. The topological polar surface area (TPSA) is 47.4 Å². The van der Waals surface area contributed by atoms with Crippen molar-refractivity contribution in [2.75, 3.05) is 20.3 Å². The van der Waals surface area contributed by atoms with Gasteiger partial charge in [0.25, 0.3) is 0 Å². The van der Waals surface area contributed by atoms with E-state index in [9.17, 15) is 4.79 Å². The zero-order valence-electron chi connectivity index (χ0n) is 12.3. The molecule has 0 fully saturated rings. The molecule has 0 radical (unpaired) electrons. The van der Waals surface area contributed by atoms with E-state index in [1.807, 2.05) is 40.4 Å². The molecule has 0 saturated carbocycles. The third-order valence-electron chi connectivity index (χ3n) is 3.86. The summed E-state index contributed by atoms with van der Waals surface area (Å²) in [5.41, 5.74) is 2.18. The minimum absolute atomic E-state index is 0.162. The molecule has 1 atom stereocenters. The quantitative estimate of drug-likeness (QED) is 0.865. The highest BCUT2D eigenvalue weighted by atomic mass is 32.1. The summed E-state index contributed by atoms with van der Waals surface area (Å²) in [6.45, 7) is 1.90. The number of imidazole rings is 1. The van der Waals surface area contributed by atoms with E-state index in [2.05, 4.69) is 4.98 Å². The van der Waals surface area contributed by atoms with Crippen molar-refractivity contribution >= 4 is 17.2 Å². The fourth-order valence-corrected chi connectivity index (χ4v) is 3.62. The van der Waals surface area contributed by atoms with E-state index in [4.69, 9.17) is 4.74 Å². The number of aromatic nitrogens is 2. The summed E-state index contributed by atoms with van der Waals surface area (Å²) in [7, 11) is 3.69. The fourth-order valence-electron chi connectivity index (χ4n) is 2.93. The number of ether oxygens (including phenoxy) is 1. The molecule has 2 aromatic rings. The first-order valence-corrected chi connectivity index (χ1v) is 7.86. The van der Waals surface area contributed by atoms with E-state index in [1.54, 1.807) is 18.4 Å². The molecule has 0 saturated heterocycles. The van der Waals surface area contributed by atoms with Gasteiger partial charge in [0.1, 0.15) is 0 Å². The molecule has 0 aliphatic carbocycles. The van der Waals surface area contributed by atoms with Crippen molar-refractivity contribution in [3.8, 4) is 0 Å². The zero-order chi connectivity index (χ0) is 14.8. The largest absolute Gasteiger partial charge is 0.384 e. The number of nitrogens with zero attached hydrogens (tertiary/aromatic N) is 3. The molecule has 3 rings (SSSR count). The van der Waals surface area contributed by atoms with Crippen LogP contribution in [0.3, 0.4) is 0 Å². The third kappa shape index (κ3) is 2.87. The summed E-state index contributed by atoms with van der Waals surface area (Å²) in [4.78, 5) is 19.9. The molecule has 2 aromatic heterocycles. The molecule has 1 aliphatic heterocycles. The molecule has 1 amide bonds. The van der Waals surface area contributed by atoms with Crippen LogP contribution in [0.1, 0.15) is 22.2 Å². The highest BCUT2D eigenvalue weighted by molar-refractivity contribution is 7.10. The molecular weight excluding hydrogens is 286 g/mol. The lowest BCUT2D eigenvalue weighted by atomic mass is 9.98. The van der Waals surface area contributed by atoms with Crippen LogP contribution >= 0.6 is 11.3 Å². The zero-order valence-corrected chi connectivity index (χ0v) is 13.1. The van der Waals surface area contributed by atoms with E-state index in [-0.39, 0.29) is 11.8 Å². The molecule has 0 bridgehead atoms. The van der Waals surface area contributed by atoms with Crippen LogP contribution in [0.4, 0.5) is 0 Å². The van der Waals surface area contributed by atoms with Crippen molar-refractivity contribution in [3.05, 3.63) is 40.1 Å². The Balaban J connectivity index is 1.78. The SMILES string of the molecule is COCC1CN(C(=O)Cc2cccs2)Cc2ncn(C)c21. The molecule has 21 heavy (non-hydrogen) atoms. The highest BCUT2D eigenvalue weighted by Crippen LogP contribution is 2.28. The Morgan fingerprint density at radius 1 is 1.57 bits per heavy atom. The van der Waals surface area contributed by atoms with E-state index in [0.717, 1.165) is 10.6 Å². The maximum absolute atomic E-state index is 12.5. The Morgan fingerprint density at radius 2 is 2.43 bits per heavy atom. The predicted octanol–water partition coefficient (Wildman–Crippen LogP) is 1.80. The average Bonchev–Trinajstić information content (AvgIpc) is 3.09. The predicted molar refractivity (Wildman–Crippen MR) is 81.3 cm³/mol. The minimum Gasteiger partial charge on any atom is -0.384 e. The Hall–Kier alpha value is -1.66. The average molecular weight is 305 g/mol. The van der Waals surface area contributed by atoms with Crippen molar-refractivity contribution in [1.29, 1.82) is 0 Å². The van der Waals surface area contributed by atoms with Gasteiger partial charge in [0.2, 0.25) is 5.91 Å². The number of amides is 1. The summed E-state index contributed by atoms with van der Waals surface area (Å²) < 4.78 is 7.36. The van der Waals surface area contributed by atoms with E-state index in [0.29, 0.717) is 26.1 Å². The van der Waals surface area contributed by atoms with Gasteiger partial charge in [0, 0.05) is 37.2 Å². The van der Waals surface area contributed by atoms with Gasteiger partial charge < -0.3 is 14.2 Å². The van der Waals surface area contributed by atoms with Crippen molar-refractivity contribution in [3.63, 3.8) is 0 Å². The second kappa shape index (κ2) is 5.99. The van der Waals surface area contributed by atoms with Gasteiger partial charge in [-0.2, -0.15) is 0 Å². The molecule has 6 heteroatoms. The van der Waals surface area contributed by atoms with Crippen LogP contribution < -0.4 is 0 Å². The van der Waals surface area contributed by atoms with Crippen molar-refractivity contribution in [2.24, 2.45) is 7.05 Å². The van der Waals surface area contributed by atoms with E-state index < -0.39 is 0 Å². The monoisotopic (exact) mass is 305 g/mol. The Morgan fingerprint density at radius 3 is 3.14 bits per heavy atom. The smallest absolute Gasteiger partial charge is 0.228 e. The first-order valence-electron chi connectivity index (χ1n) is 6.98. The minimum atomic E-state index is 0.162. The summed E-state index contributed by atoms with van der Waals surface area (Å²) in [6.07, 6.45) is 2.29. The standard InChI is InChI=1S/C15H19N3O2S/c1-17-10-16-13-8-18(7-11(9-20-2)15(13)17)14(19)6-12-4-3-5-21-12/h3-5,10-11H,6-9H2,1-2H3. The van der Waals surface area contributed by atoms with Crippen LogP contribution in [-0.2, 0) is 29.5 Å². The molecule has 1 aliphatic rings. The summed E-state index contributed by atoms with van der Waals surface area (Å²) in [5.74, 6) is 0.355. The molecule has 5 nitrogen and oxygen atoms in total. The van der Waals surface area contributed by atoms with Crippen molar-refractivity contribution in [1.82, 2.24) is 14.5 Å². The van der Waals surface area contributed by atoms with Crippen molar-refractivity contribution < 1.29 is 9.53 Å². The van der Waals surface area contributed by atoms with Crippen LogP contribution in [0.25, 0.3) is 0 Å². The summed E-state index contributed by atoms with van der Waals surface area (Å²) in [6, 6.07) is 3.99. The van der Waals surface area contributed by atoms with Gasteiger partial charge >= 0.3 is 0 Å². The van der Waals surface area contributed by atoms with Gasteiger partial charge in [0.15, 0.2) is 0 Å². The molecule has 3 heterocycles. The van der Waals surface area contributed by atoms with Gasteiger partial charge in [0.05, 0.1) is 31.6 Å². The third-order valence-corrected chi connectivity index (χ3v) is 4.73. The molecule has 0 spiro atoms. The lowest BCUT2D eigenvalue weighted by molar-refractivity contribution is -0.132. The van der Waals surface area contributed by atoms with Crippen LogP contribution in [0, 0.1) is 0 Å². The Labute approximate surface area is 128 Å². The lowest BCUT2D eigenvalue weighted by Gasteiger charge is -2.32. The number of rotatable bonds is 4. The normalized spacial score (nSPS) is 17.8. The van der Waals surface area contributed by atoms with Gasteiger partial charge in [-0.1, -0.05) is 6.07 Å².